The molecule has 5 unspecified atom stereocenters. The molecule has 0 N–H and O–H groups in total. The maximum absolute atomic E-state index is 3.63. The van der Waals surface area contributed by atoms with Gasteiger partial charge in [-0.3, -0.25) is 0 Å². The molecular formula is C17H18BrN. The Hall–Kier alpha value is -1.02. The molecule has 0 amide bonds. The highest BCUT2D eigenvalue weighted by Crippen LogP contribution is 2.57. The normalized spacial score (nSPS) is 38.3. The van der Waals surface area contributed by atoms with Gasteiger partial charge in [0.1, 0.15) is 0 Å². The van der Waals surface area contributed by atoms with E-state index in [1.807, 2.05) is 0 Å². The molecule has 3 aliphatic rings. The Bertz CT molecular complexity index is 589. The summed E-state index contributed by atoms with van der Waals surface area (Å²) in [6, 6.07) is 7.40. The van der Waals surface area contributed by atoms with Crippen molar-refractivity contribution in [3.05, 3.63) is 52.5 Å². The molecule has 2 heteroatoms. The summed E-state index contributed by atoms with van der Waals surface area (Å²) in [7, 11) is 2.26. The first-order valence-corrected chi connectivity index (χ1v) is 7.85. The highest BCUT2D eigenvalue weighted by atomic mass is 79.9. The fraction of sp³-hybridized carbons (Fsp3) is 0.412. The molecule has 1 aliphatic heterocycles. The molecule has 0 radical (unpaired) electrons. The van der Waals surface area contributed by atoms with Gasteiger partial charge in [-0.25, -0.2) is 0 Å². The molecule has 1 saturated carbocycles. The smallest absolute Gasteiger partial charge is 0.0403 e. The van der Waals surface area contributed by atoms with E-state index in [-0.39, 0.29) is 0 Å². The largest absolute Gasteiger partial charge is 0.370 e. The molecule has 1 heterocycles. The molecule has 1 fully saturated rings. The lowest BCUT2D eigenvalue weighted by atomic mass is 9.82. The third kappa shape index (κ3) is 1.47. The average molecular weight is 316 g/mol. The van der Waals surface area contributed by atoms with Crippen molar-refractivity contribution >= 4 is 21.6 Å². The van der Waals surface area contributed by atoms with Crippen LogP contribution in [0.5, 0.6) is 0 Å². The van der Waals surface area contributed by atoms with E-state index in [9.17, 15) is 0 Å². The number of anilines is 1. The lowest BCUT2D eigenvalue weighted by Crippen LogP contribution is -2.33. The van der Waals surface area contributed by atoms with Gasteiger partial charge in [-0.15, -0.1) is 0 Å². The number of hydrogen-bond acceptors (Lipinski definition) is 1. The van der Waals surface area contributed by atoms with Crippen molar-refractivity contribution in [2.75, 3.05) is 11.9 Å². The Morgan fingerprint density at radius 3 is 2.63 bits per heavy atom. The summed E-state index contributed by atoms with van der Waals surface area (Å²) in [6.07, 6.45) is 9.29. The molecule has 0 aromatic heterocycles. The molecule has 1 aromatic rings. The topological polar surface area (TPSA) is 3.24 Å². The number of benzene rings is 1. The highest BCUT2D eigenvalue weighted by molar-refractivity contribution is 9.10. The fourth-order valence-corrected chi connectivity index (χ4v) is 4.95. The minimum atomic E-state index is 0.645. The van der Waals surface area contributed by atoms with Crippen LogP contribution in [-0.4, -0.2) is 13.1 Å². The van der Waals surface area contributed by atoms with Crippen molar-refractivity contribution in [2.45, 2.75) is 18.9 Å². The van der Waals surface area contributed by atoms with E-state index in [2.05, 4.69) is 77.3 Å². The van der Waals surface area contributed by atoms with Crippen molar-refractivity contribution in [1.29, 1.82) is 0 Å². The average Bonchev–Trinajstić information content (AvgIpc) is 2.86. The Morgan fingerprint density at radius 2 is 1.84 bits per heavy atom. The summed E-state index contributed by atoms with van der Waals surface area (Å²) in [6.45, 7) is 2.42. The van der Waals surface area contributed by atoms with Crippen LogP contribution in [0.4, 0.5) is 5.69 Å². The van der Waals surface area contributed by atoms with Crippen molar-refractivity contribution in [2.24, 2.45) is 17.8 Å². The molecule has 1 nitrogen and oxygen atoms in total. The standard InChI is InChI=1S/C17H18BrN/c1-10-12-5-3-4-6-13(12)16-14-9-11(18)7-8-15(14)19(2)17(10)16/h3-10,12-13,16-17H,1-2H3. The van der Waals surface area contributed by atoms with E-state index in [1.165, 1.54) is 15.7 Å². The van der Waals surface area contributed by atoms with Gasteiger partial charge in [0.2, 0.25) is 0 Å². The van der Waals surface area contributed by atoms with Crippen LogP contribution in [-0.2, 0) is 0 Å². The first kappa shape index (κ1) is 11.8. The molecule has 0 saturated heterocycles. The molecule has 0 bridgehead atoms. The van der Waals surface area contributed by atoms with Gasteiger partial charge >= 0.3 is 0 Å². The van der Waals surface area contributed by atoms with Gasteiger partial charge in [-0.1, -0.05) is 47.2 Å². The minimum absolute atomic E-state index is 0.645. The lowest BCUT2D eigenvalue weighted by Gasteiger charge is -2.27. The van der Waals surface area contributed by atoms with Gasteiger partial charge in [0.25, 0.3) is 0 Å². The van der Waals surface area contributed by atoms with Crippen LogP contribution in [0.15, 0.2) is 47.0 Å². The Morgan fingerprint density at radius 1 is 1.11 bits per heavy atom. The van der Waals surface area contributed by atoms with Crippen LogP contribution in [0, 0.1) is 17.8 Å². The first-order valence-electron chi connectivity index (χ1n) is 7.06. The lowest BCUT2D eigenvalue weighted by molar-refractivity contribution is 0.423. The number of halogens is 1. The maximum Gasteiger partial charge on any atom is 0.0403 e. The van der Waals surface area contributed by atoms with Crippen LogP contribution in [0.3, 0.4) is 0 Å². The predicted octanol–water partition coefficient (Wildman–Crippen LogP) is 4.36. The van der Waals surface area contributed by atoms with Crippen LogP contribution < -0.4 is 4.90 Å². The molecule has 2 aliphatic carbocycles. The molecule has 19 heavy (non-hydrogen) atoms. The van der Waals surface area contributed by atoms with E-state index in [1.54, 1.807) is 0 Å². The van der Waals surface area contributed by atoms with E-state index in [4.69, 9.17) is 0 Å². The highest BCUT2D eigenvalue weighted by Gasteiger charge is 2.53. The molecular weight excluding hydrogens is 298 g/mol. The van der Waals surface area contributed by atoms with Gasteiger partial charge in [0.15, 0.2) is 0 Å². The van der Waals surface area contributed by atoms with Gasteiger partial charge in [0.05, 0.1) is 0 Å². The predicted molar refractivity (Wildman–Crippen MR) is 83.5 cm³/mol. The van der Waals surface area contributed by atoms with Gasteiger partial charge in [0, 0.05) is 29.2 Å². The van der Waals surface area contributed by atoms with Crippen molar-refractivity contribution < 1.29 is 0 Å². The zero-order valence-electron chi connectivity index (χ0n) is 11.3. The molecule has 5 atom stereocenters. The van der Waals surface area contributed by atoms with Gasteiger partial charge < -0.3 is 4.90 Å². The quantitative estimate of drug-likeness (QED) is 0.687. The maximum atomic E-state index is 3.63. The molecule has 98 valence electrons. The third-order valence-corrected chi connectivity index (χ3v) is 5.82. The number of likely N-dealkylation sites (N-methyl/N-ethyl adjacent to an activating group) is 1. The first-order chi connectivity index (χ1) is 9.18. The Labute approximate surface area is 123 Å². The Balaban J connectivity index is 1.88. The second kappa shape index (κ2) is 3.99. The van der Waals surface area contributed by atoms with E-state index in [0.717, 1.165) is 0 Å². The number of nitrogens with zero attached hydrogens (tertiary/aromatic N) is 1. The molecule has 4 rings (SSSR count). The van der Waals surface area contributed by atoms with Crippen molar-refractivity contribution in [3.63, 3.8) is 0 Å². The van der Waals surface area contributed by atoms with Gasteiger partial charge in [-0.2, -0.15) is 0 Å². The van der Waals surface area contributed by atoms with Crippen LogP contribution in [0.2, 0.25) is 0 Å². The molecule has 0 spiro atoms. The van der Waals surface area contributed by atoms with Gasteiger partial charge in [-0.05, 0) is 41.5 Å². The third-order valence-electron chi connectivity index (χ3n) is 5.33. The number of allylic oxidation sites excluding steroid dienone is 4. The van der Waals surface area contributed by atoms with E-state index in [0.29, 0.717) is 29.7 Å². The second-order valence-electron chi connectivity index (χ2n) is 6.11. The minimum Gasteiger partial charge on any atom is -0.370 e. The van der Waals surface area contributed by atoms with Crippen LogP contribution >= 0.6 is 15.9 Å². The number of fused-ring (bicyclic) bond motifs is 5. The zero-order chi connectivity index (χ0) is 13.1. The van der Waals surface area contributed by atoms with E-state index < -0.39 is 0 Å². The summed E-state index contributed by atoms with van der Waals surface area (Å²) in [5.41, 5.74) is 2.95. The SMILES string of the molecule is CC1C2C=CC=CC2C2c3cc(Br)ccc3N(C)C12. The number of rotatable bonds is 0. The summed E-state index contributed by atoms with van der Waals surface area (Å²) >= 11 is 3.63. The summed E-state index contributed by atoms with van der Waals surface area (Å²) in [5.74, 6) is 2.74. The van der Waals surface area contributed by atoms with Crippen molar-refractivity contribution in [3.8, 4) is 0 Å². The summed E-state index contributed by atoms with van der Waals surface area (Å²) in [5, 5.41) is 0. The van der Waals surface area contributed by atoms with Crippen molar-refractivity contribution in [1.82, 2.24) is 0 Å². The molecule has 1 aromatic carbocycles. The Kier molecular flexibility index (Phi) is 2.47. The van der Waals surface area contributed by atoms with Crippen LogP contribution in [0.25, 0.3) is 0 Å². The summed E-state index contributed by atoms with van der Waals surface area (Å²) in [4.78, 5) is 2.51. The van der Waals surface area contributed by atoms with E-state index >= 15 is 0 Å². The van der Waals surface area contributed by atoms with Crippen LogP contribution in [0.1, 0.15) is 18.4 Å². The summed E-state index contributed by atoms with van der Waals surface area (Å²) < 4.78 is 1.20. The second-order valence-corrected chi connectivity index (χ2v) is 7.03. The fourth-order valence-electron chi connectivity index (χ4n) is 4.57. The zero-order valence-corrected chi connectivity index (χ0v) is 12.8. The number of hydrogen-bond donors (Lipinski definition) is 0. The monoisotopic (exact) mass is 315 g/mol.